The Balaban J connectivity index is 2.18. The quantitative estimate of drug-likeness (QED) is 0.730. The van der Waals surface area contributed by atoms with E-state index in [4.69, 9.17) is 10.5 Å². The van der Waals surface area contributed by atoms with Crippen molar-refractivity contribution in [3.05, 3.63) is 0 Å². The maximum atomic E-state index is 5.60. The first-order valence-electron chi connectivity index (χ1n) is 6.21. The molecule has 1 saturated carbocycles. The zero-order valence-corrected chi connectivity index (χ0v) is 10.2. The first kappa shape index (κ1) is 12.9. The maximum absolute atomic E-state index is 5.60. The van der Waals surface area contributed by atoms with E-state index < -0.39 is 0 Å². The zero-order valence-electron chi connectivity index (χ0n) is 10.2. The van der Waals surface area contributed by atoms with Crippen molar-refractivity contribution in [3.8, 4) is 0 Å². The summed E-state index contributed by atoms with van der Waals surface area (Å²) in [6.45, 7) is 1.75. The molecule has 0 spiro atoms. The molecule has 15 heavy (non-hydrogen) atoms. The van der Waals surface area contributed by atoms with Crippen molar-refractivity contribution in [1.82, 2.24) is 4.90 Å². The first-order valence-corrected chi connectivity index (χ1v) is 6.21. The van der Waals surface area contributed by atoms with Crippen LogP contribution in [0.3, 0.4) is 0 Å². The molecule has 0 radical (unpaired) electrons. The fourth-order valence-electron chi connectivity index (χ4n) is 2.38. The highest BCUT2D eigenvalue weighted by atomic mass is 16.5. The lowest BCUT2D eigenvalue weighted by Gasteiger charge is -2.31. The number of nitrogens with two attached hydrogens (primary N) is 1. The third-order valence-electron chi connectivity index (χ3n) is 3.60. The van der Waals surface area contributed by atoms with Gasteiger partial charge in [-0.25, -0.2) is 0 Å². The van der Waals surface area contributed by atoms with Crippen LogP contribution in [0.15, 0.2) is 0 Å². The van der Waals surface area contributed by atoms with Gasteiger partial charge in [0, 0.05) is 26.2 Å². The SMILES string of the molecule is COC(CN)CCN(C)C1CCCCC1. The van der Waals surface area contributed by atoms with Gasteiger partial charge < -0.3 is 15.4 Å². The summed E-state index contributed by atoms with van der Waals surface area (Å²) in [4.78, 5) is 2.49. The average molecular weight is 214 g/mol. The molecule has 1 atom stereocenters. The normalized spacial score (nSPS) is 20.8. The van der Waals surface area contributed by atoms with Crippen LogP contribution in [-0.4, -0.2) is 44.3 Å². The van der Waals surface area contributed by atoms with Gasteiger partial charge in [-0.3, -0.25) is 0 Å². The molecule has 2 N–H and O–H groups in total. The molecule has 1 fully saturated rings. The van der Waals surface area contributed by atoms with Crippen molar-refractivity contribution in [2.24, 2.45) is 5.73 Å². The minimum absolute atomic E-state index is 0.232. The van der Waals surface area contributed by atoms with Gasteiger partial charge in [-0.05, 0) is 26.3 Å². The van der Waals surface area contributed by atoms with E-state index in [1.165, 1.54) is 32.1 Å². The van der Waals surface area contributed by atoms with Gasteiger partial charge in [0.25, 0.3) is 0 Å². The second kappa shape index (κ2) is 7.20. The summed E-state index contributed by atoms with van der Waals surface area (Å²) >= 11 is 0. The molecule has 0 amide bonds. The summed E-state index contributed by atoms with van der Waals surface area (Å²) in [5, 5.41) is 0. The topological polar surface area (TPSA) is 38.5 Å². The molecule has 0 aromatic heterocycles. The Kier molecular flexibility index (Phi) is 6.22. The van der Waals surface area contributed by atoms with Crippen LogP contribution in [0.4, 0.5) is 0 Å². The highest BCUT2D eigenvalue weighted by Crippen LogP contribution is 2.21. The number of hydrogen-bond acceptors (Lipinski definition) is 3. The van der Waals surface area contributed by atoms with Gasteiger partial charge in [0.05, 0.1) is 6.10 Å². The van der Waals surface area contributed by atoms with E-state index in [0.717, 1.165) is 19.0 Å². The molecule has 0 aromatic rings. The second-order valence-electron chi connectivity index (χ2n) is 4.65. The van der Waals surface area contributed by atoms with E-state index in [9.17, 15) is 0 Å². The van der Waals surface area contributed by atoms with Crippen molar-refractivity contribution >= 4 is 0 Å². The molecule has 0 aromatic carbocycles. The molecule has 1 unspecified atom stereocenters. The molecule has 0 heterocycles. The zero-order chi connectivity index (χ0) is 11.1. The molecule has 3 heteroatoms. The average Bonchev–Trinajstić information content (AvgIpc) is 2.31. The lowest BCUT2D eigenvalue weighted by Crippen LogP contribution is -2.36. The Morgan fingerprint density at radius 3 is 2.53 bits per heavy atom. The second-order valence-corrected chi connectivity index (χ2v) is 4.65. The van der Waals surface area contributed by atoms with Crippen molar-refractivity contribution < 1.29 is 4.74 Å². The third-order valence-corrected chi connectivity index (χ3v) is 3.60. The highest BCUT2D eigenvalue weighted by molar-refractivity contribution is 4.74. The number of methoxy groups -OCH3 is 1. The highest BCUT2D eigenvalue weighted by Gasteiger charge is 2.18. The Hall–Kier alpha value is -0.120. The van der Waals surface area contributed by atoms with Gasteiger partial charge in [-0.2, -0.15) is 0 Å². The number of nitrogens with zero attached hydrogens (tertiary/aromatic N) is 1. The van der Waals surface area contributed by atoms with Crippen LogP contribution >= 0.6 is 0 Å². The van der Waals surface area contributed by atoms with Gasteiger partial charge in [0.15, 0.2) is 0 Å². The van der Waals surface area contributed by atoms with Gasteiger partial charge in [-0.1, -0.05) is 19.3 Å². The van der Waals surface area contributed by atoms with Crippen molar-refractivity contribution in [1.29, 1.82) is 0 Å². The molecule has 1 aliphatic rings. The van der Waals surface area contributed by atoms with Crippen LogP contribution in [0.1, 0.15) is 38.5 Å². The summed E-state index contributed by atoms with van der Waals surface area (Å²) in [5.74, 6) is 0. The fourth-order valence-corrected chi connectivity index (χ4v) is 2.38. The summed E-state index contributed by atoms with van der Waals surface area (Å²) in [7, 11) is 3.98. The molecule has 0 aliphatic heterocycles. The predicted molar refractivity (Wildman–Crippen MR) is 64.0 cm³/mol. The predicted octanol–water partition coefficient (Wildman–Crippen LogP) is 1.61. The molecular formula is C12H26N2O. The van der Waals surface area contributed by atoms with E-state index in [1.54, 1.807) is 7.11 Å². The minimum Gasteiger partial charge on any atom is -0.380 e. The van der Waals surface area contributed by atoms with E-state index >= 15 is 0 Å². The van der Waals surface area contributed by atoms with Gasteiger partial charge in [0.1, 0.15) is 0 Å². The van der Waals surface area contributed by atoms with Gasteiger partial charge >= 0.3 is 0 Å². The molecule has 1 aliphatic carbocycles. The Labute approximate surface area is 94.0 Å². The summed E-state index contributed by atoms with van der Waals surface area (Å²) in [6.07, 6.45) is 8.26. The summed E-state index contributed by atoms with van der Waals surface area (Å²) in [5.41, 5.74) is 5.60. The largest absolute Gasteiger partial charge is 0.380 e. The molecule has 0 bridgehead atoms. The van der Waals surface area contributed by atoms with Crippen molar-refractivity contribution in [2.45, 2.75) is 50.7 Å². The minimum atomic E-state index is 0.232. The third kappa shape index (κ3) is 4.49. The van der Waals surface area contributed by atoms with E-state index in [0.29, 0.717) is 6.54 Å². The molecule has 3 nitrogen and oxygen atoms in total. The van der Waals surface area contributed by atoms with Crippen LogP contribution < -0.4 is 5.73 Å². The summed E-state index contributed by atoms with van der Waals surface area (Å²) in [6, 6.07) is 0.800. The van der Waals surface area contributed by atoms with E-state index in [2.05, 4.69) is 11.9 Å². The van der Waals surface area contributed by atoms with E-state index in [-0.39, 0.29) is 6.10 Å². The van der Waals surface area contributed by atoms with Crippen LogP contribution in [0.25, 0.3) is 0 Å². The lowest BCUT2D eigenvalue weighted by molar-refractivity contribution is 0.0831. The molecule has 90 valence electrons. The van der Waals surface area contributed by atoms with Crippen LogP contribution in [-0.2, 0) is 4.74 Å². The first-order chi connectivity index (χ1) is 7.27. The van der Waals surface area contributed by atoms with Crippen molar-refractivity contribution in [2.75, 3.05) is 27.2 Å². The Morgan fingerprint density at radius 2 is 2.00 bits per heavy atom. The Morgan fingerprint density at radius 1 is 1.33 bits per heavy atom. The Bertz CT molecular complexity index is 154. The van der Waals surface area contributed by atoms with Gasteiger partial charge in [-0.15, -0.1) is 0 Å². The monoisotopic (exact) mass is 214 g/mol. The van der Waals surface area contributed by atoms with Crippen LogP contribution in [0, 0.1) is 0 Å². The van der Waals surface area contributed by atoms with Crippen LogP contribution in [0.2, 0.25) is 0 Å². The van der Waals surface area contributed by atoms with E-state index in [1.807, 2.05) is 0 Å². The maximum Gasteiger partial charge on any atom is 0.0705 e. The van der Waals surface area contributed by atoms with Crippen LogP contribution in [0.5, 0.6) is 0 Å². The standard InChI is InChI=1S/C12H26N2O/c1-14(9-8-12(10-13)15-2)11-6-4-3-5-7-11/h11-12H,3-10,13H2,1-2H3. The number of ether oxygens (including phenoxy) is 1. The molecule has 0 saturated heterocycles. The molecular weight excluding hydrogens is 188 g/mol. The van der Waals surface area contributed by atoms with Gasteiger partial charge in [0.2, 0.25) is 0 Å². The molecule has 1 rings (SSSR count). The number of hydrogen-bond donors (Lipinski definition) is 1. The number of rotatable bonds is 6. The fraction of sp³-hybridized carbons (Fsp3) is 1.00. The smallest absolute Gasteiger partial charge is 0.0705 e. The lowest BCUT2D eigenvalue weighted by atomic mass is 9.94. The summed E-state index contributed by atoms with van der Waals surface area (Å²) < 4.78 is 5.29. The van der Waals surface area contributed by atoms with Crippen molar-refractivity contribution in [3.63, 3.8) is 0 Å².